The van der Waals surface area contributed by atoms with E-state index in [4.69, 9.17) is 11.5 Å². The Hall–Kier alpha value is -1.84. The van der Waals surface area contributed by atoms with Crippen LogP contribution in [0.5, 0.6) is 0 Å². The molecule has 1 aromatic carbocycles. The third kappa shape index (κ3) is 4.09. The zero-order chi connectivity index (χ0) is 14.5. The minimum absolute atomic E-state index is 0.0218. The number of carboxylic acid groups (broad SMARTS) is 1. The summed E-state index contributed by atoms with van der Waals surface area (Å²) in [6.45, 7) is 1.84. The molecule has 0 heterocycles. The molecule has 102 valence electrons. The number of terminal acetylenes is 1. The normalized spacial score (nSPS) is 10.9. The summed E-state index contributed by atoms with van der Waals surface area (Å²) in [7, 11) is -3.70. The number of aryl methyl sites for hydroxylation is 1. The fourth-order valence-electron chi connectivity index (χ4n) is 1.48. The number of rotatable bonds is 6. The van der Waals surface area contributed by atoms with E-state index in [0.29, 0.717) is 18.4 Å². The number of benzene rings is 1. The van der Waals surface area contributed by atoms with Gasteiger partial charge in [0.05, 0.1) is 10.5 Å². The van der Waals surface area contributed by atoms with Gasteiger partial charge in [-0.2, -0.15) is 0 Å². The van der Waals surface area contributed by atoms with Gasteiger partial charge in [0.25, 0.3) is 0 Å². The van der Waals surface area contributed by atoms with Crippen molar-refractivity contribution in [1.29, 1.82) is 0 Å². The molecule has 1 rings (SSSR count). The second-order valence-electron chi connectivity index (χ2n) is 3.99. The molecule has 0 bridgehead atoms. The van der Waals surface area contributed by atoms with Crippen LogP contribution in [-0.4, -0.2) is 26.0 Å². The number of aromatic carboxylic acids is 1. The SMILES string of the molecule is C#CCCCNS(=O)(=O)c1ccc(C)c(C(=O)O)c1. The van der Waals surface area contributed by atoms with Crippen molar-refractivity contribution in [2.24, 2.45) is 0 Å². The molecule has 19 heavy (non-hydrogen) atoms. The molecule has 1 aromatic rings. The molecule has 6 heteroatoms. The smallest absolute Gasteiger partial charge is 0.335 e. The Morgan fingerprint density at radius 3 is 2.74 bits per heavy atom. The zero-order valence-electron chi connectivity index (χ0n) is 10.5. The standard InChI is InChI=1S/C13H15NO4S/c1-3-4-5-8-14-19(17,18)11-7-6-10(2)12(9-11)13(15)16/h1,6-7,9,14H,4-5,8H2,2H3,(H,15,16). The Morgan fingerprint density at radius 2 is 2.16 bits per heavy atom. The minimum atomic E-state index is -3.70. The largest absolute Gasteiger partial charge is 0.478 e. The first-order valence-electron chi connectivity index (χ1n) is 5.65. The van der Waals surface area contributed by atoms with Gasteiger partial charge in [-0.25, -0.2) is 17.9 Å². The van der Waals surface area contributed by atoms with E-state index in [-0.39, 0.29) is 17.0 Å². The summed E-state index contributed by atoms with van der Waals surface area (Å²) in [5, 5.41) is 8.96. The van der Waals surface area contributed by atoms with Crippen molar-refractivity contribution in [2.75, 3.05) is 6.54 Å². The van der Waals surface area contributed by atoms with Gasteiger partial charge in [-0.05, 0) is 31.0 Å². The van der Waals surface area contributed by atoms with Crippen LogP contribution in [0.1, 0.15) is 28.8 Å². The summed E-state index contributed by atoms with van der Waals surface area (Å²) in [5.41, 5.74) is 0.491. The highest BCUT2D eigenvalue weighted by molar-refractivity contribution is 7.89. The van der Waals surface area contributed by atoms with Crippen LogP contribution in [-0.2, 0) is 10.0 Å². The second-order valence-corrected chi connectivity index (χ2v) is 5.75. The van der Waals surface area contributed by atoms with Crippen molar-refractivity contribution in [1.82, 2.24) is 4.72 Å². The number of hydrogen-bond donors (Lipinski definition) is 2. The predicted octanol–water partition coefficient (Wildman–Crippen LogP) is 1.38. The summed E-state index contributed by atoms with van der Waals surface area (Å²) in [6, 6.07) is 4.01. The number of sulfonamides is 1. The first-order chi connectivity index (χ1) is 8.88. The van der Waals surface area contributed by atoms with Crippen LogP contribution < -0.4 is 4.72 Å². The number of carboxylic acids is 1. The van der Waals surface area contributed by atoms with Crippen molar-refractivity contribution in [2.45, 2.75) is 24.7 Å². The number of carbonyl (C=O) groups is 1. The predicted molar refractivity (Wildman–Crippen MR) is 71.4 cm³/mol. The molecule has 0 unspecified atom stereocenters. The Kier molecular flexibility index (Phi) is 5.10. The van der Waals surface area contributed by atoms with Crippen LogP contribution >= 0.6 is 0 Å². The van der Waals surface area contributed by atoms with Gasteiger partial charge in [-0.15, -0.1) is 12.3 Å². The van der Waals surface area contributed by atoms with E-state index >= 15 is 0 Å². The van der Waals surface area contributed by atoms with E-state index in [9.17, 15) is 13.2 Å². The summed E-state index contributed by atoms with van der Waals surface area (Å²) in [5.74, 6) is 1.26. The average molecular weight is 281 g/mol. The van der Waals surface area contributed by atoms with Crippen LogP contribution in [0.15, 0.2) is 23.1 Å². The van der Waals surface area contributed by atoms with E-state index in [1.165, 1.54) is 12.1 Å². The molecule has 0 fully saturated rings. The molecular formula is C13H15NO4S. The highest BCUT2D eigenvalue weighted by atomic mass is 32.2. The number of unbranched alkanes of at least 4 members (excludes halogenated alkanes) is 1. The van der Waals surface area contributed by atoms with E-state index in [0.717, 1.165) is 6.07 Å². The lowest BCUT2D eigenvalue weighted by Gasteiger charge is -2.08. The van der Waals surface area contributed by atoms with Gasteiger partial charge in [-0.1, -0.05) is 6.07 Å². The van der Waals surface area contributed by atoms with Gasteiger partial charge in [0.2, 0.25) is 10.0 Å². The van der Waals surface area contributed by atoms with Crippen molar-refractivity contribution in [3.05, 3.63) is 29.3 Å². The number of nitrogens with one attached hydrogen (secondary N) is 1. The van der Waals surface area contributed by atoms with Gasteiger partial charge < -0.3 is 5.11 Å². The van der Waals surface area contributed by atoms with Gasteiger partial charge in [-0.3, -0.25) is 0 Å². The molecule has 2 N–H and O–H groups in total. The molecule has 0 spiro atoms. The summed E-state index contributed by atoms with van der Waals surface area (Å²) in [4.78, 5) is 10.9. The Bertz CT molecular complexity index is 614. The van der Waals surface area contributed by atoms with Crippen LogP contribution in [0.2, 0.25) is 0 Å². The maximum atomic E-state index is 11.9. The molecule has 0 atom stereocenters. The maximum absolute atomic E-state index is 11.9. The van der Waals surface area contributed by atoms with E-state index in [2.05, 4.69) is 10.6 Å². The quantitative estimate of drug-likeness (QED) is 0.609. The summed E-state index contributed by atoms with van der Waals surface area (Å²) >= 11 is 0. The third-order valence-electron chi connectivity index (χ3n) is 2.54. The van der Waals surface area contributed by atoms with Crippen LogP contribution in [0.25, 0.3) is 0 Å². The lowest BCUT2D eigenvalue weighted by Crippen LogP contribution is -2.25. The zero-order valence-corrected chi connectivity index (χ0v) is 11.3. The molecule has 5 nitrogen and oxygen atoms in total. The van der Waals surface area contributed by atoms with Gasteiger partial charge in [0.15, 0.2) is 0 Å². The van der Waals surface area contributed by atoms with Gasteiger partial charge in [0.1, 0.15) is 0 Å². The van der Waals surface area contributed by atoms with Gasteiger partial charge >= 0.3 is 5.97 Å². The topological polar surface area (TPSA) is 83.5 Å². The average Bonchev–Trinajstić information content (AvgIpc) is 2.34. The lowest BCUT2D eigenvalue weighted by atomic mass is 10.1. The van der Waals surface area contributed by atoms with Crippen molar-refractivity contribution >= 4 is 16.0 Å². The monoisotopic (exact) mass is 281 g/mol. The Balaban J connectivity index is 2.93. The maximum Gasteiger partial charge on any atom is 0.335 e. The molecule has 0 saturated heterocycles. The third-order valence-corrected chi connectivity index (χ3v) is 4.00. The molecule has 0 amide bonds. The Labute approximate surface area is 112 Å². The van der Waals surface area contributed by atoms with E-state index in [1.54, 1.807) is 6.92 Å². The molecule has 0 saturated carbocycles. The molecule has 0 aromatic heterocycles. The molecule has 0 aliphatic heterocycles. The van der Waals surface area contributed by atoms with E-state index in [1.807, 2.05) is 0 Å². The van der Waals surface area contributed by atoms with Crippen LogP contribution in [0, 0.1) is 19.3 Å². The van der Waals surface area contributed by atoms with Crippen LogP contribution in [0.3, 0.4) is 0 Å². The van der Waals surface area contributed by atoms with E-state index < -0.39 is 16.0 Å². The minimum Gasteiger partial charge on any atom is -0.478 e. The lowest BCUT2D eigenvalue weighted by molar-refractivity contribution is 0.0696. The molecular weight excluding hydrogens is 266 g/mol. The van der Waals surface area contributed by atoms with Crippen LogP contribution in [0.4, 0.5) is 0 Å². The number of hydrogen-bond acceptors (Lipinski definition) is 3. The Morgan fingerprint density at radius 1 is 1.47 bits per heavy atom. The van der Waals surface area contributed by atoms with Crippen molar-refractivity contribution in [3.8, 4) is 12.3 Å². The molecule has 0 aliphatic rings. The fraction of sp³-hybridized carbons (Fsp3) is 0.308. The van der Waals surface area contributed by atoms with Gasteiger partial charge in [0, 0.05) is 13.0 Å². The van der Waals surface area contributed by atoms with Crippen molar-refractivity contribution < 1.29 is 18.3 Å². The second kappa shape index (κ2) is 6.36. The first kappa shape index (κ1) is 15.2. The highest BCUT2D eigenvalue weighted by Crippen LogP contribution is 2.15. The highest BCUT2D eigenvalue weighted by Gasteiger charge is 2.16. The molecule has 0 aliphatic carbocycles. The molecule has 0 radical (unpaired) electrons. The first-order valence-corrected chi connectivity index (χ1v) is 7.14. The van der Waals surface area contributed by atoms with Crippen molar-refractivity contribution in [3.63, 3.8) is 0 Å². The fourth-order valence-corrected chi connectivity index (χ4v) is 2.58. The summed E-state index contributed by atoms with van der Waals surface area (Å²) in [6.07, 6.45) is 6.08. The summed E-state index contributed by atoms with van der Waals surface area (Å²) < 4.78 is 26.2.